The van der Waals surface area contributed by atoms with Gasteiger partial charge in [-0.1, -0.05) is 285 Å². The number of aliphatic hydroxyl groups excluding tert-OH is 1. The van der Waals surface area contributed by atoms with E-state index in [1.165, 1.54) is 128 Å². The zero-order valence-electron chi connectivity index (χ0n) is 58.8. The third-order valence-electron chi connectivity index (χ3n) is 16.4. The highest BCUT2D eigenvalue weighted by Gasteiger charge is 2.30. The topological polar surface area (TPSA) is 237 Å². The molecule has 0 radical (unpaired) electrons. The molecule has 0 aromatic carbocycles. The van der Waals surface area contributed by atoms with Crippen LogP contribution in [0, 0.1) is 17.8 Å². The van der Waals surface area contributed by atoms with Crippen molar-refractivity contribution < 1.29 is 80.2 Å². The summed E-state index contributed by atoms with van der Waals surface area (Å²) in [6.07, 6.45) is 49.4. The summed E-state index contributed by atoms with van der Waals surface area (Å²) in [6, 6.07) is 0. The van der Waals surface area contributed by atoms with Crippen LogP contribution in [0.1, 0.15) is 337 Å². The van der Waals surface area contributed by atoms with Gasteiger partial charge in [0.05, 0.1) is 26.4 Å². The average molecular weight is 1340 g/mol. The molecule has 0 aromatic rings. The number of carbonyl (C=O) groups is 4. The Kier molecular flexibility index (Phi) is 60.7. The van der Waals surface area contributed by atoms with Gasteiger partial charge in [0.15, 0.2) is 12.2 Å². The molecule has 0 saturated heterocycles. The minimum Gasteiger partial charge on any atom is -0.462 e. The van der Waals surface area contributed by atoms with Crippen LogP contribution < -0.4 is 0 Å². The quantitative estimate of drug-likeness (QED) is 0.0169. The number of phosphoric ester groups is 2. The number of unbranched alkanes of at least 4 members (excludes halogenated alkanes) is 32. The van der Waals surface area contributed by atoms with Gasteiger partial charge < -0.3 is 33.8 Å². The van der Waals surface area contributed by atoms with E-state index in [0.717, 1.165) is 121 Å². The van der Waals surface area contributed by atoms with Crippen molar-refractivity contribution in [1.29, 1.82) is 0 Å². The van der Waals surface area contributed by atoms with Gasteiger partial charge in [0.2, 0.25) is 0 Å². The number of aliphatic hydroxyl groups is 1. The highest BCUT2D eigenvalue weighted by Crippen LogP contribution is 2.45. The molecule has 3 N–H and O–H groups in total. The molecule has 0 rings (SSSR count). The van der Waals surface area contributed by atoms with Crippen molar-refractivity contribution in [3.05, 3.63) is 24.3 Å². The lowest BCUT2D eigenvalue weighted by atomic mass is 9.99. The van der Waals surface area contributed by atoms with Gasteiger partial charge in [-0.25, -0.2) is 9.13 Å². The van der Waals surface area contributed by atoms with Crippen LogP contribution in [0.2, 0.25) is 0 Å². The first-order valence-corrected chi connectivity index (χ1v) is 39.7. The summed E-state index contributed by atoms with van der Waals surface area (Å²) in [5, 5.41) is 10.6. The molecule has 536 valence electrons. The van der Waals surface area contributed by atoms with Crippen molar-refractivity contribution in [3.63, 3.8) is 0 Å². The first-order chi connectivity index (χ1) is 43.8. The minimum absolute atomic E-state index is 0.0843. The summed E-state index contributed by atoms with van der Waals surface area (Å²) in [7, 11) is -9.92. The molecule has 6 atom stereocenters. The number of hydrogen-bond acceptors (Lipinski definition) is 15. The predicted molar refractivity (Wildman–Crippen MR) is 367 cm³/mol. The molecule has 0 aliphatic heterocycles. The molecule has 0 bridgehead atoms. The van der Waals surface area contributed by atoms with Crippen molar-refractivity contribution in [3.8, 4) is 0 Å². The summed E-state index contributed by atoms with van der Waals surface area (Å²) in [5.74, 6) is 0.0788. The molecule has 17 nitrogen and oxygen atoms in total. The Morgan fingerprint density at radius 1 is 0.363 bits per heavy atom. The lowest BCUT2D eigenvalue weighted by Crippen LogP contribution is -2.30. The van der Waals surface area contributed by atoms with E-state index >= 15 is 0 Å². The maximum Gasteiger partial charge on any atom is 0.472 e. The van der Waals surface area contributed by atoms with Crippen molar-refractivity contribution in [2.45, 2.75) is 356 Å². The summed E-state index contributed by atoms with van der Waals surface area (Å²) < 4.78 is 68.3. The molecule has 0 aliphatic carbocycles. The molecule has 0 aromatic heterocycles. The average Bonchev–Trinajstić information content (AvgIpc) is 3.52. The molecule has 0 heterocycles. The summed E-state index contributed by atoms with van der Waals surface area (Å²) in [4.78, 5) is 72.6. The van der Waals surface area contributed by atoms with Crippen LogP contribution in [0.4, 0.5) is 0 Å². The van der Waals surface area contributed by atoms with E-state index in [4.69, 9.17) is 37.0 Å². The zero-order chi connectivity index (χ0) is 67.3. The van der Waals surface area contributed by atoms with Crippen molar-refractivity contribution in [2.24, 2.45) is 17.8 Å². The van der Waals surface area contributed by atoms with Gasteiger partial charge in [-0.05, 0) is 69.1 Å². The zero-order valence-corrected chi connectivity index (χ0v) is 60.6. The first kappa shape index (κ1) is 88.5. The summed E-state index contributed by atoms with van der Waals surface area (Å²) in [6.45, 7) is 11.7. The molecule has 91 heavy (non-hydrogen) atoms. The van der Waals surface area contributed by atoms with E-state index in [-0.39, 0.29) is 25.7 Å². The van der Waals surface area contributed by atoms with Gasteiger partial charge >= 0.3 is 39.5 Å². The largest absolute Gasteiger partial charge is 0.472 e. The van der Waals surface area contributed by atoms with Gasteiger partial charge in [-0.15, -0.1) is 0 Å². The van der Waals surface area contributed by atoms with E-state index in [1.54, 1.807) is 0 Å². The van der Waals surface area contributed by atoms with Crippen LogP contribution in [-0.2, 0) is 65.4 Å². The molecule has 0 saturated carbocycles. The molecule has 3 unspecified atom stereocenters. The van der Waals surface area contributed by atoms with Crippen molar-refractivity contribution in [1.82, 2.24) is 0 Å². The number of rotatable bonds is 68. The fourth-order valence-electron chi connectivity index (χ4n) is 10.3. The molecule has 0 spiro atoms. The van der Waals surface area contributed by atoms with Crippen molar-refractivity contribution in [2.75, 3.05) is 39.6 Å². The SMILES string of the molecule is CCCCCC/C=C\C=C/CCCCCCCC(=O)O[C@H](COC(=O)CCCCCCCCCCCCC(C)CC)COP(=O)(O)OC[C@@H](O)COP(=O)(O)OC[C@@H](COC(=O)CCCCCCCCC(C)C)OC(=O)CCCCCCCCCCCCC(C)C. The van der Waals surface area contributed by atoms with E-state index < -0.39 is 97.5 Å². The van der Waals surface area contributed by atoms with Crippen LogP contribution in [-0.4, -0.2) is 96.7 Å². The smallest absolute Gasteiger partial charge is 0.462 e. The first-order valence-electron chi connectivity index (χ1n) is 36.7. The maximum absolute atomic E-state index is 13.0. The van der Waals surface area contributed by atoms with Gasteiger partial charge in [0.1, 0.15) is 19.3 Å². The second kappa shape index (κ2) is 62.4. The lowest BCUT2D eigenvalue weighted by molar-refractivity contribution is -0.161. The van der Waals surface area contributed by atoms with Gasteiger partial charge in [0.25, 0.3) is 0 Å². The minimum atomic E-state index is -4.96. The lowest BCUT2D eigenvalue weighted by Gasteiger charge is -2.21. The number of carbonyl (C=O) groups excluding carboxylic acids is 4. The van der Waals surface area contributed by atoms with Crippen molar-refractivity contribution >= 4 is 39.5 Å². The second-order valence-corrected chi connectivity index (χ2v) is 29.4. The standard InChI is InChI=1S/C72H136O17P2/c1-8-10-11-12-13-14-15-16-17-18-19-27-32-41-48-55-71(76)88-67(59-82-69(74)53-46-39-31-26-23-21-25-30-38-45-52-65(7)9-2)61-86-90(78,79)84-57-66(73)58-85-91(80,81)87-62-68(60-83-70(75)54-47-40-35-34-37-44-51-64(5)6)89-72(77)56-49-42-33-28-22-20-24-29-36-43-50-63(3)4/h14-17,63-68,73H,8-13,18-62H2,1-7H3,(H,78,79)(H,80,81)/b15-14-,17-16-/t65?,66-,67-,68-/m1/s1. The molecular weight excluding hydrogens is 1200 g/mol. The molecule has 19 heteroatoms. The molecule has 0 fully saturated rings. The van der Waals surface area contributed by atoms with E-state index in [9.17, 15) is 43.2 Å². The summed E-state index contributed by atoms with van der Waals surface area (Å²) >= 11 is 0. The number of phosphoric acid groups is 2. The molecule has 0 amide bonds. The monoisotopic (exact) mass is 1330 g/mol. The van der Waals surface area contributed by atoms with Gasteiger partial charge in [0, 0.05) is 25.7 Å². The Morgan fingerprint density at radius 3 is 0.978 bits per heavy atom. The third-order valence-corrected chi connectivity index (χ3v) is 18.3. The van der Waals surface area contributed by atoms with Gasteiger partial charge in [-0.3, -0.25) is 37.3 Å². The fourth-order valence-corrected chi connectivity index (χ4v) is 11.9. The molecule has 0 aliphatic rings. The Morgan fingerprint density at radius 2 is 0.648 bits per heavy atom. The Labute approximate surface area is 554 Å². The molecular formula is C72H136O17P2. The maximum atomic E-state index is 13.0. The number of allylic oxidation sites excluding steroid dienone is 4. The highest BCUT2D eigenvalue weighted by atomic mass is 31.2. The Balaban J connectivity index is 5.29. The van der Waals surface area contributed by atoms with E-state index in [0.29, 0.717) is 31.6 Å². The number of esters is 4. The van der Waals surface area contributed by atoms with Crippen LogP contribution in [0.15, 0.2) is 24.3 Å². The van der Waals surface area contributed by atoms with Crippen LogP contribution in [0.25, 0.3) is 0 Å². The summed E-state index contributed by atoms with van der Waals surface area (Å²) in [5.41, 5.74) is 0. The van der Waals surface area contributed by atoms with E-state index in [1.807, 2.05) is 0 Å². The number of ether oxygens (including phenoxy) is 4. The third kappa shape index (κ3) is 64.6. The Hall–Kier alpha value is -2.46. The van der Waals surface area contributed by atoms with Crippen LogP contribution in [0.3, 0.4) is 0 Å². The number of hydrogen-bond donors (Lipinski definition) is 3. The van der Waals surface area contributed by atoms with Crippen LogP contribution >= 0.6 is 15.6 Å². The fraction of sp³-hybridized carbons (Fsp3) is 0.889. The predicted octanol–water partition coefficient (Wildman–Crippen LogP) is 20.2. The van der Waals surface area contributed by atoms with E-state index in [2.05, 4.69) is 72.8 Å². The normalized spacial score (nSPS) is 14.6. The van der Waals surface area contributed by atoms with Crippen LogP contribution in [0.5, 0.6) is 0 Å². The highest BCUT2D eigenvalue weighted by molar-refractivity contribution is 7.47. The van der Waals surface area contributed by atoms with Gasteiger partial charge in [-0.2, -0.15) is 0 Å². The Bertz CT molecular complexity index is 1880. The second-order valence-electron chi connectivity index (χ2n) is 26.5.